The number of halogens is 1. The van der Waals surface area contributed by atoms with Crippen molar-refractivity contribution in [3.05, 3.63) is 34.9 Å². The fourth-order valence-corrected chi connectivity index (χ4v) is 1.17. The number of aliphatic hydroxyl groups excluding tert-OH is 1. The number of carbonyl (C=O) groups excluding carboxylic acids is 1. The van der Waals surface area contributed by atoms with Crippen molar-refractivity contribution in [2.24, 2.45) is 0 Å². The van der Waals surface area contributed by atoms with Crippen molar-refractivity contribution in [2.45, 2.75) is 13.0 Å². The second-order valence-electron chi connectivity index (χ2n) is 2.90. The maximum absolute atomic E-state index is 11.0. The van der Waals surface area contributed by atoms with Gasteiger partial charge in [-0.25, -0.2) is 4.79 Å². The third-order valence-corrected chi connectivity index (χ3v) is 2.06. The van der Waals surface area contributed by atoms with Crippen LogP contribution in [0.1, 0.15) is 12.5 Å². The average molecular weight is 239 g/mol. The first kappa shape index (κ1) is 12.6. The highest BCUT2D eigenvalue weighted by molar-refractivity contribution is 6.31. The molecule has 0 radical (unpaired) electrons. The third-order valence-electron chi connectivity index (χ3n) is 1.73. The normalized spacial score (nSPS) is 11.2. The number of rotatable bonds is 2. The molecule has 84 valence electrons. The third kappa shape index (κ3) is 3.58. The molecule has 0 spiro atoms. The number of aliphatic hydroxyl groups is 1. The fourth-order valence-electron chi connectivity index (χ4n) is 0.989. The Kier molecular flexibility index (Phi) is 4.84. The van der Waals surface area contributed by atoms with Crippen LogP contribution in [0.5, 0.6) is 0 Å². The van der Waals surface area contributed by atoms with Gasteiger partial charge in [0.1, 0.15) is 0 Å². The van der Waals surface area contributed by atoms with Crippen molar-refractivity contribution in [3.8, 4) is 11.8 Å². The Labute approximate surface area is 99.0 Å². The molecule has 0 aliphatic rings. The van der Waals surface area contributed by atoms with Gasteiger partial charge in [0.25, 0.3) is 0 Å². The van der Waals surface area contributed by atoms with E-state index in [1.165, 1.54) is 0 Å². The Hall–Kier alpha value is -1.50. The van der Waals surface area contributed by atoms with E-state index in [9.17, 15) is 9.90 Å². The lowest BCUT2D eigenvalue weighted by Gasteiger charge is -2.02. The zero-order valence-electron chi connectivity index (χ0n) is 8.74. The molecule has 0 unspecified atom stereocenters. The summed E-state index contributed by atoms with van der Waals surface area (Å²) in [5, 5.41) is 9.79. The maximum Gasteiger partial charge on any atom is 0.347 e. The van der Waals surface area contributed by atoms with Gasteiger partial charge in [-0.1, -0.05) is 35.6 Å². The Morgan fingerprint density at radius 1 is 1.56 bits per heavy atom. The highest BCUT2D eigenvalue weighted by Crippen LogP contribution is 2.13. The van der Waals surface area contributed by atoms with Crippen molar-refractivity contribution in [3.63, 3.8) is 0 Å². The SMILES string of the molecule is CCOC(=O)[C@@H](O)C#Cc1ccccc1Cl. The number of benzene rings is 1. The minimum atomic E-state index is -1.43. The molecule has 0 saturated heterocycles. The summed E-state index contributed by atoms with van der Waals surface area (Å²) in [5.74, 6) is 4.24. The summed E-state index contributed by atoms with van der Waals surface area (Å²) in [5.41, 5.74) is 0.563. The molecule has 1 rings (SSSR count). The van der Waals surface area contributed by atoms with Crippen molar-refractivity contribution < 1.29 is 14.6 Å². The molecular weight excluding hydrogens is 228 g/mol. The Morgan fingerprint density at radius 3 is 2.88 bits per heavy atom. The minimum absolute atomic E-state index is 0.212. The highest BCUT2D eigenvalue weighted by Gasteiger charge is 2.12. The van der Waals surface area contributed by atoms with Crippen LogP contribution in [0.2, 0.25) is 5.02 Å². The predicted molar refractivity (Wildman–Crippen MR) is 61.0 cm³/mol. The van der Waals surface area contributed by atoms with E-state index in [1.807, 2.05) is 0 Å². The zero-order valence-corrected chi connectivity index (χ0v) is 9.49. The van der Waals surface area contributed by atoms with Gasteiger partial charge in [0.2, 0.25) is 6.10 Å². The van der Waals surface area contributed by atoms with Crippen molar-refractivity contribution >= 4 is 17.6 Å². The molecule has 0 amide bonds. The van der Waals surface area contributed by atoms with Gasteiger partial charge in [0, 0.05) is 5.56 Å². The molecule has 0 fully saturated rings. The summed E-state index contributed by atoms with van der Waals surface area (Å²) >= 11 is 5.85. The number of hydrogen-bond acceptors (Lipinski definition) is 3. The van der Waals surface area contributed by atoms with Crippen LogP contribution in [0, 0.1) is 11.8 Å². The smallest absolute Gasteiger partial charge is 0.347 e. The van der Waals surface area contributed by atoms with Crippen LogP contribution >= 0.6 is 11.6 Å². The van der Waals surface area contributed by atoms with Crippen LogP contribution < -0.4 is 0 Å². The molecule has 1 aromatic carbocycles. The average Bonchev–Trinajstić information content (AvgIpc) is 2.28. The van der Waals surface area contributed by atoms with Crippen molar-refractivity contribution in [2.75, 3.05) is 6.61 Å². The fraction of sp³-hybridized carbons (Fsp3) is 0.250. The minimum Gasteiger partial charge on any atom is -0.463 e. The molecule has 3 nitrogen and oxygen atoms in total. The first-order valence-corrected chi connectivity index (χ1v) is 5.13. The highest BCUT2D eigenvalue weighted by atomic mass is 35.5. The molecule has 0 saturated carbocycles. The lowest BCUT2D eigenvalue weighted by atomic mass is 10.2. The molecule has 16 heavy (non-hydrogen) atoms. The maximum atomic E-state index is 11.0. The molecular formula is C12H11ClO3. The van der Waals surface area contributed by atoms with Gasteiger partial charge in [0.05, 0.1) is 11.6 Å². The van der Waals surface area contributed by atoms with Crippen LogP contribution in [-0.4, -0.2) is 23.8 Å². The van der Waals surface area contributed by atoms with Crippen molar-refractivity contribution in [1.29, 1.82) is 0 Å². The van der Waals surface area contributed by atoms with E-state index in [-0.39, 0.29) is 6.61 Å². The molecule has 0 aliphatic heterocycles. The Balaban J connectivity index is 2.75. The molecule has 1 atom stereocenters. The van der Waals surface area contributed by atoms with Crippen LogP contribution in [-0.2, 0) is 9.53 Å². The quantitative estimate of drug-likeness (QED) is 0.629. The number of esters is 1. The van der Waals surface area contributed by atoms with Gasteiger partial charge in [-0.15, -0.1) is 0 Å². The zero-order chi connectivity index (χ0) is 12.0. The summed E-state index contributed by atoms with van der Waals surface area (Å²) in [6.45, 7) is 1.87. The molecule has 0 aliphatic carbocycles. The lowest BCUT2D eigenvalue weighted by molar-refractivity contribution is -0.149. The summed E-state index contributed by atoms with van der Waals surface area (Å²) in [4.78, 5) is 11.0. The van der Waals surface area contributed by atoms with Crippen molar-refractivity contribution in [1.82, 2.24) is 0 Å². The van der Waals surface area contributed by atoms with Crippen LogP contribution in [0.25, 0.3) is 0 Å². The topological polar surface area (TPSA) is 46.5 Å². The van der Waals surface area contributed by atoms with Crippen LogP contribution in [0.4, 0.5) is 0 Å². The second-order valence-corrected chi connectivity index (χ2v) is 3.31. The standard InChI is InChI=1S/C12H11ClO3/c1-2-16-12(15)11(14)8-7-9-5-3-4-6-10(9)13/h3-6,11,14H,2H2,1H3/t11-/m0/s1. The Bertz CT molecular complexity index is 431. The van der Waals surface area contributed by atoms with Gasteiger partial charge in [-0.3, -0.25) is 0 Å². The summed E-state index contributed by atoms with van der Waals surface area (Å²) < 4.78 is 4.60. The number of ether oxygens (including phenoxy) is 1. The van der Waals surface area contributed by atoms with E-state index in [1.54, 1.807) is 31.2 Å². The first-order chi connectivity index (χ1) is 7.65. The van der Waals surface area contributed by atoms with Gasteiger partial charge >= 0.3 is 5.97 Å². The monoisotopic (exact) mass is 238 g/mol. The molecule has 0 bridgehead atoms. The summed E-state index contributed by atoms with van der Waals surface area (Å²) in [6, 6.07) is 6.93. The predicted octanol–water partition coefficient (Wildman–Crippen LogP) is 1.62. The Morgan fingerprint density at radius 2 is 2.25 bits per heavy atom. The van der Waals surface area contributed by atoms with Crippen LogP contribution in [0.15, 0.2) is 24.3 Å². The molecule has 1 N–H and O–H groups in total. The number of carbonyl (C=O) groups is 1. The molecule has 0 heterocycles. The lowest BCUT2D eigenvalue weighted by Crippen LogP contribution is -2.21. The van der Waals surface area contributed by atoms with Gasteiger partial charge < -0.3 is 9.84 Å². The molecule has 4 heteroatoms. The van der Waals surface area contributed by atoms with E-state index in [0.29, 0.717) is 10.6 Å². The van der Waals surface area contributed by atoms with E-state index in [4.69, 9.17) is 11.6 Å². The van der Waals surface area contributed by atoms with Gasteiger partial charge in [0.15, 0.2) is 0 Å². The second kappa shape index (κ2) is 6.16. The van der Waals surface area contributed by atoms with E-state index in [0.717, 1.165) is 0 Å². The summed E-state index contributed by atoms with van der Waals surface area (Å²) in [6.07, 6.45) is -1.43. The first-order valence-electron chi connectivity index (χ1n) is 4.76. The van der Waals surface area contributed by atoms with E-state index in [2.05, 4.69) is 16.6 Å². The van der Waals surface area contributed by atoms with Crippen LogP contribution in [0.3, 0.4) is 0 Å². The largest absolute Gasteiger partial charge is 0.463 e. The van der Waals surface area contributed by atoms with E-state index >= 15 is 0 Å². The summed E-state index contributed by atoms with van der Waals surface area (Å²) in [7, 11) is 0. The molecule has 0 aromatic heterocycles. The van der Waals surface area contributed by atoms with Gasteiger partial charge in [-0.2, -0.15) is 0 Å². The van der Waals surface area contributed by atoms with E-state index < -0.39 is 12.1 Å². The van der Waals surface area contributed by atoms with Gasteiger partial charge in [-0.05, 0) is 19.1 Å². The number of hydrogen-bond donors (Lipinski definition) is 1. The molecule has 1 aromatic rings.